The van der Waals surface area contributed by atoms with E-state index in [2.05, 4.69) is 6.92 Å². The Bertz CT molecular complexity index is 437. The first-order valence-corrected chi connectivity index (χ1v) is 12.0. The number of aliphatic hydroxyl groups is 3. The lowest BCUT2D eigenvalue weighted by molar-refractivity contribution is -0.931. The van der Waals surface area contributed by atoms with Crippen LogP contribution in [0.5, 0.6) is 0 Å². The van der Waals surface area contributed by atoms with Crippen molar-refractivity contribution >= 4 is 10.1 Å². The van der Waals surface area contributed by atoms with Gasteiger partial charge in [-0.15, -0.1) is 0 Å². The first-order chi connectivity index (χ1) is 12.8. The van der Waals surface area contributed by atoms with Crippen LogP contribution >= 0.6 is 0 Å². The molecule has 1 atom stereocenters. The fourth-order valence-corrected chi connectivity index (χ4v) is 4.28. The van der Waals surface area contributed by atoms with E-state index in [9.17, 15) is 28.3 Å². The molecule has 0 bridgehead atoms. The molecule has 3 N–H and O–H groups in total. The Hall–Kier alpha value is -0.250. The van der Waals surface area contributed by atoms with Gasteiger partial charge in [0.15, 0.2) is 0 Å². The maximum absolute atomic E-state index is 10.9. The minimum Gasteiger partial charge on any atom is -0.748 e. The lowest BCUT2D eigenvalue weighted by Crippen LogP contribution is -2.56. The van der Waals surface area contributed by atoms with Crippen LogP contribution in [0.4, 0.5) is 0 Å². The Morgan fingerprint density at radius 1 is 0.815 bits per heavy atom. The molecule has 0 aromatic rings. The van der Waals surface area contributed by atoms with Crippen LogP contribution in [0.25, 0.3) is 0 Å². The molecular formula is C19H41NO6S. The molecule has 164 valence electrons. The van der Waals surface area contributed by atoms with Crippen molar-refractivity contribution in [1.29, 1.82) is 0 Å². The molecule has 0 aliphatic heterocycles. The minimum absolute atomic E-state index is 0.0556. The summed E-state index contributed by atoms with van der Waals surface area (Å²) in [6.07, 6.45) is 10.7. The third-order valence-corrected chi connectivity index (χ3v) is 5.92. The highest BCUT2D eigenvalue weighted by Gasteiger charge is 2.30. The van der Waals surface area contributed by atoms with Gasteiger partial charge in [-0.1, -0.05) is 58.3 Å². The number of aliphatic hydroxyl groups excluding tert-OH is 3. The molecule has 8 heteroatoms. The lowest BCUT2D eigenvalue weighted by atomic mass is 10.1. The quantitative estimate of drug-likeness (QED) is 0.169. The molecule has 1 unspecified atom stereocenters. The van der Waals surface area contributed by atoms with E-state index >= 15 is 0 Å². The van der Waals surface area contributed by atoms with Gasteiger partial charge >= 0.3 is 0 Å². The maximum atomic E-state index is 10.9. The molecule has 0 heterocycles. The number of nitrogens with zero attached hydrogens (tertiary/aromatic N) is 1. The fraction of sp³-hybridized carbons (Fsp3) is 1.00. The van der Waals surface area contributed by atoms with Crippen molar-refractivity contribution in [3.05, 3.63) is 0 Å². The third kappa shape index (κ3) is 15.4. The summed E-state index contributed by atoms with van der Waals surface area (Å²) < 4.78 is 32.8. The molecule has 0 fully saturated rings. The minimum atomic E-state index is -4.50. The number of unbranched alkanes of at least 4 members (excludes halogenated alkanes) is 9. The van der Waals surface area contributed by atoms with Crippen LogP contribution in [0.1, 0.15) is 71.1 Å². The Balaban J connectivity index is 4.28. The first kappa shape index (κ1) is 26.8. The van der Waals surface area contributed by atoms with E-state index in [0.717, 1.165) is 19.3 Å². The van der Waals surface area contributed by atoms with Gasteiger partial charge in [-0.25, -0.2) is 8.42 Å². The summed E-state index contributed by atoms with van der Waals surface area (Å²) in [5.41, 5.74) is 0. The van der Waals surface area contributed by atoms with Crippen LogP contribution in [-0.2, 0) is 10.1 Å². The van der Waals surface area contributed by atoms with Crippen molar-refractivity contribution in [2.75, 3.05) is 45.1 Å². The summed E-state index contributed by atoms with van der Waals surface area (Å²) in [4.78, 5) is 0. The van der Waals surface area contributed by atoms with Crippen LogP contribution in [0.2, 0.25) is 0 Å². The van der Waals surface area contributed by atoms with Crippen LogP contribution in [0.3, 0.4) is 0 Å². The third-order valence-electron chi connectivity index (χ3n) is 5.13. The molecule has 0 rings (SSSR count). The molecule has 0 aliphatic rings. The number of hydrogen-bond acceptors (Lipinski definition) is 6. The largest absolute Gasteiger partial charge is 0.748 e. The van der Waals surface area contributed by atoms with E-state index in [-0.39, 0.29) is 24.2 Å². The molecule has 0 saturated carbocycles. The van der Waals surface area contributed by atoms with E-state index < -0.39 is 22.0 Å². The van der Waals surface area contributed by atoms with Gasteiger partial charge in [0, 0.05) is 0 Å². The predicted molar refractivity (Wildman–Crippen MR) is 106 cm³/mol. The first-order valence-electron chi connectivity index (χ1n) is 10.5. The van der Waals surface area contributed by atoms with Gasteiger partial charge in [0.2, 0.25) is 0 Å². The van der Waals surface area contributed by atoms with Crippen molar-refractivity contribution in [1.82, 2.24) is 0 Å². The number of quaternary nitrogens is 1. The van der Waals surface area contributed by atoms with Gasteiger partial charge in [0.25, 0.3) is 0 Å². The fourth-order valence-electron chi connectivity index (χ4n) is 3.70. The van der Waals surface area contributed by atoms with Gasteiger partial charge in [0.05, 0.1) is 35.6 Å². The molecule has 0 aromatic carbocycles. The topological polar surface area (TPSA) is 118 Å². The zero-order valence-electron chi connectivity index (χ0n) is 17.0. The maximum Gasteiger partial charge on any atom is 0.116 e. The second-order valence-corrected chi connectivity index (χ2v) is 9.15. The van der Waals surface area contributed by atoms with E-state index in [1.807, 2.05) is 0 Å². The van der Waals surface area contributed by atoms with Crippen LogP contribution in [0, 0.1) is 0 Å². The summed E-state index contributed by atoms with van der Waals surface area (Å²) >= 11 is 0. The molecule has 0 radical (unpaired) electrons. The summed E-state index contributed by atoms with van der Waals surface area (Å²) in [5.74, 6) is -0.831. The Labute approximate surface area is 165 Å². The van der Waals surface area contributed by atoms with Gasteiger partial charge < -0.3 is 24.4 Å². The highest BCUT2D eigenvalue weighted by atomic mass is 32.2. The monoisotopic (exact) mass is 411 g/mol. The van der Waals surface area contributed by atoms with Crippen molar-refractivity contribution in [2.45, 2.75) is 77.2 Å². The number of rotatable bonds is 19. The molecule has 7 nitrogen and oxygen atoms in total. The molecule has 0 saturated heterocycles. The SMILES string of the molecule is CCCCCCCCCCCC[N+](CCO)(CCO)CC(O)CS(=O)(=O)[O-]. The molecule has 0 spiro atoms. The van der Waals surface area contributed by atoms with Crippen molar-refractivity contribution < 1.29 is 32.8 Å². The summed E-state index contributed by atoms with van der Waals surface area (Å²) in [6.45, 7) is 3.34. The van der Waals surface area contributed by atoms with Gasteiger partial charge in [-0.05, 0) is 12.8 Å². The van der Waals surface area contributed by atoms with Crippen LogP contribution in [0.15, 0.2) is 0 Å². The van der Waals surface area contributed by atoms with Crippen molar-refractivity contribution in [3.8, 4) is 0 Å². The predicted octanol–water partition coefficient (Wildman–Crippen LogP) is 1.61. The summed E-state index contributed by atoms with van der Waals surface area (Å²) in [6, 6.07) is 0. The second kappa shape index (κ2) is 15.6. The highest BCUT2D eigenvalue weighted by Crippen LogP contribution is 2.15. The van der Waals surface area contributed by atoms with E-state index in [4.69, 9.17) is 0 Å². The van der Waals surface area contributed by atoms with Crippen LogP contribution < -0.4 is 0 Å². The van der Waals surface area contributed by atoms with Gasteiger partial charge in [-0.2, -0.15) is 0 Å². The molecule has 0 aliphatic carbocycles. The highest BCUT2D eigenvalue weighted by molar-refractivity contribution is 7.85. The summed E-state index contributed by atoms with van der Waals surface area (Å²) in [7, 11) is -4.50. The lowest BCUT2D eigenvalue weighted by Gasteiger charge is -2.39. The molecule has 0 amide bonds. The molecular weight excluding hydrogens is 370 g/mol. The average Bonchev–Trinajstić information content (AvgIpc) is 2.55. The zero-order chi connectivity index (χ0) is 20.6. The standard InChI is InChI=1S/C19H41NO6S/c1-2-3-4-5-6-7-8-9-10-11-12-20(13-15-21,14-16-22)17-19(23)18-27(24,25)26/h19,21-23H,2-18H2,1H3. The van der Waals surface area contributed by atoms with E-state index in [1.54, 1.807) is 0 Å². The van der Waals surface area contributed by atoms with Crippen LogP contribution in [-0.4, -0.2) is 84.0 Å². The summed E-state index contributed by atoms with van der Waals surface area (Å²) in [5, 5.41) is 28.7. The van der Waals surface area contributed by atoms with Gasteiger partial charge in [0.1, 0.15) is 25.7 Å². The van der Waals surface area contributed by atoms with Crippen molar-refractivity contribution in [2.24, 2.45) is 0 Å². The van der Waals surface area contributed by atoms with E-state index in [1.165, 1.54) is 44.9 Å². The van der Waals surface area contributed by atoms with Crippen molar-refractivity contribution in [3.63, 3.8) is 0 Å². The zero-order valence-corrected chi connectivity index (χ0v) is 17.8. The van der Waals surface area contributed by atoms with E-state index in [0.29, 0.717) is 19.6 Å². The Morgan fingerprint density at radius 3 is 1.67 bits per heavy atom. The number of hydrogen-bond donors (Lipinski definition) is 3. The average molecular weight is 412 g/mol. The Morgan fingerprint density at radius 2 is 1.26 bits per heavy atom. The smallest absolute Gasteiger partial charge is 0.116 e. The molecule has 0 aromatic heterocycles. The molecule has 27 heavy (non-hydrogen) atoms. The second-order valence-electron chi connectivity index (χ2n) is 7.70. The normalized spacial score (nSPS) is 13.8. The van der Waals surface area contributed by atoms with Gasteiger partial charge in [-0.3, -0.25) is 0 Å². The Kier molecular flexibility index (Phi) is 15.5.